The van der Waals surface area contributed by atoms with Gasteiger partial charge >= 0.3 is 5.97 Å². The number of aliphatic carboxylic acids is 1. The Bertz CT molecular complexity index is 409. The third-order valence-electron chi connectivity index (χ3n) is 3.17. The van der Waals surface area contributed by atoms with Crippen LogP contribution >= 0.6 is 0 Å². The summed E-state index contributed by atoms with van der Waals surface area (Å²) in [6, 6.07) is 6.56. The molecule has 3 nitrogen and oxygen atoms in total. The topological polar surface area (TPSA) is 40.5 Å². The summed E-state index contributed by atoms with van der Waals surface area (Å²) in [5.41, 5.74) is 0.625. The van der Waals surface area contributed by atoms with E-state index in [2.05, 4.69) is 0 Å². The summed E-state index contributed by atoms with van der Waals surface area (Å²) in [5.74, 6) is -1.53. The van der Waals surface area contributed by atoms with Crippen LogP contribution in [0.25, 0.3) is 0 Å². The molecule has 0 saturated carbocycles. The summed E-state index contributed by atoms with van der Waals surface area (Å²) in [4.78, 5) is 12.7. The molecular formula is C14H20FNO2. The molecule has 2 atom stereocenters. The molecule has 0 heterocycles. The maximum Gasteiger partial charge on any atom is 0.307 e. The van der Waals surface area contributed by atoms with E-state index in [1.165, 1.54) is 6.07 Å². The van der Waals surface area contributed by atoms with Crippen molar-refractivity contribution >= 4 is 5.97 Å². The van der Waals surface area contributed by atoms with E-state index in [-0.39, 0.29) is 11.9 Å². The quantitative estimate of drug-likeness (QED) is 0.847. The molecule has 0 aliphatic carbocycles. The lowest BCUT2D eigenvalue weighted by atomic mass is 10.0. The lowest BCUT2D eigenvalue weighted by Gasteiger charge is -2.29. The van der Waals surface area contributed by atoms with E-state index in [4.69, 9.17) is 5.11 Å². The van der Waals surface area contributed by atoms with Gasteiger partial charge in [0.05, 0.1) is 5.92 Å². The summed E-state index contributed by atoms with van der Waals surface area (Å²) < 4.78 is 13.7. The van der Waals surface area contributed by atoms with Gasteiger partial charge in [-0.2, -0.15) is 0 Å². The number of hydrogen-bond acceptors (Lipinski definition) is 2. The van der Waals surface area contributed by atoms with E-state index >= 15 is 0 Å². The van der Waals surface area contributed by atoms with E-state index in [1.54, 1.807) is 25.1 Å². The Labute approximate surface area is 107 Å². The fourth-order valence-electron chi connectivity index (χ4n) is 2.15. The van der Waals surface area contributed by atoms with Crippen LogP contribution < -0.4 is 0 Å². The molecule has 100 valence electrons. The molecule has 1 aromatic rings. The molecule has 0 saturated heterocycles. The van der Waals surface area contributed by atoms with Gasteiger partial charge in [0.1, 0.15) is 5.82 Å². The van der Waals surface area contributed by atoms with Gasteiger partial charge in [0.15, 0.2) is 0 Å². The van der Waals surface area contributed by atoms with Gasteiger partial charge in [-0.3, -0.25) is 9.69 Å². The zero-order chi connectivity index (χ0) is 13.7. The Balaban J connectivity index is 2.84. The first-order valence-corrected chi connectivity index (χ1v) is 6.14. The smallest absolute Gasteiger partial charge is 0.307 e. The molecule has 0 aromatic heterocycles. The minimum atomic E-state index is -0.828. The fourth-order valence-corrected chi connectivity index (χ4v) is 2.15. The lowest BCUT2D eigenvalue weighted by molar-refractivity contribution is -0.141. The normalized spacial score (nSPS) is 14.5. The predicted molar refractivity (Wildman–Crippen MR) is 68.9 cm³/mol. The van der Waals surface area contributed by atoms with E-state index in [1.807, 2.05) is 18.9 Å². The number of halogens is 1. The number of carboxylic acids is 1. The average molecular weight is 253 g/mol. The Hall–Kier alpha value is -1.42. The van der Waals surface area contributed by atoms with E-state index in [0.29, 0.717) is 12.1 Å². The summed E-state index contributed by atoms with van der Waals surface area (Å²) in [6.07, 6.45) is 0.740. The zero-order valence-corrected chi connectivity index (χ0v) is 11.1. The molecule has 1 N–H and O–H groups in total. The molecule has 0 fully saturated rings. The second kappa shape index (κ2) is 6.50. The van der Waals surface area contributed by atoms with Crippen LogP contribution in [0, 0.1) is 11.7 Å². The van der Waals surface area contributed by atoms with E-state index < -0.39 is 11.9 Å². The van der Waals surface area contributed by atoms with Crippen molar-refractivity contribution in [3.8, 4) is 0 Å². The Morgan fingerprint density at radius 1 is 1.44 bits per heavy atom. The Morgan fingerprint density at radius 3 is 2.56 bits per heavy atom. The van der Waals surface area contributed by atoms with Crippen molar-refractivity contribution in [1.29, 1.82) is 0 Å². The predicted octanol–water partition coefficient (Wildman–Crippen LogP) is 2.93. The van der Waals surface area contributed by atoms with Gasteiger partial charge in [0.25, 0.3) is 0 Å². The van der Waals surface area contributed by atoms with Crippen molar-refractivity contribution in [2.45, 2.75) is 26.3 Å². The van der Waals surface area contributed by atoms with Crippen LogP contribution in [0.3, 0.4) is 0 Å². The summed E-state index contributed by atoms with van der Waals surface area (Å²) >= 11 is 0. The number of carbonyl (C=O) groups is 1. The monoisotopic (exact) mass is 253 g/mol. The highest BCUT2D eigenvalue weighted by Gasteiger charge is 2.22. The molecule has 0 radical (unpaired) electrons. The van der Waals surface area contributed by atoms with Crippen LogP contribution in [0.2, 0.25) is 0 Å². The van der Waals surface area contributed by atoms with Crippen LogP contribution in [-0.2, 0) is 4.79 Å². The van der Waals surface area contributed by atoms with Crippen LogP contribution in [0.5, 0.6) is 0 Å². The molecule has 0 spiro atoms. The van der Waals surface area contributed by atoms with E-state index in [9.17, 15) is 9.18 Å². The average Bonchev–Trinajstić information content (AvgIpc) is 2.32. The van der Waals surface area contributed by atoms with Crippen molar-refractivity contribution in [2.75, 3.05) is 13.6 Å². The molecular weight excluding hydrogens is 233 g/mol. The van der Waals surface area contributed by atoms with Crippen molar-refractivity contribution < 1.29 is 14.3 Å². The SMILES string of the molecule is CCC(c1ccccc1F)N(C)CC(C)C(=O)O. The van der Waals surface area contributed by atoms with Gasteiger partial charge < -0.3 is 5.11 Å². The minimum absolute atomic E-state index is 0.0898. The number of nitrogens with zero attached hydrogens (tertiary/aromatic N) is 1. The molecule has 1 rings (SSSR count). The third-order valence-corrected chi connectivity index (χ3v) is 3.17. The molecule has 0 aliphatic heterocycles. The van der Waals surface area contributed by atoms with Gasteiger partial charge in [-0.25, -0.2) is 4.39 Å². The molecule has 4 heteroatoms. The number of carboxylic acid groups (broad SMARTS) is 1. The maximum absolute atomic E-state index is 13.7. The number of hydrogen-bond donors (Lipinski definition) is 1. The third kappa shape index (κ3) is 3.53. The van der Waals surface area contributed by atoms with E-state index in [0.717, 1.165) is 6.42 Å². The summed E-state index contributed by atoms with van der Waals surface area (Å²) in [6.45, 7) is 4.04. The van der Waals surface area contributed by atoms with Crippen LogP contribution in [0.4, 0.5) is 4.39 Å². The first-order valence-electron chi connectivity index (χ1n) is 6.14. The van der Waals surface area contributed by atoms with Gasteiger partial charge in [0.2, 0.25) is 0 Å². The molecule has 1 aromatic carbocycles. The highest BCUT2D eigenvalue weighted by molar-refractivity contribution is 5.69. The molecule has 0 amide bonds. The molecule has 0 bridgehead atoms. The van der Waals surface area contributed by atoms with Crippen LogP contribution in [0.1, 0.15) is 31.9 Å². The second-order valence-electron chi connectivity index (χ2n) is 4.62. The Morgan fingerprint density at radius 2 is 2.06 bits per heavy atom. The van der Waals surface area contributed by atoms with Crippen molar-refractivity contribution in [3.63, 3.8) is 0 Å². The Kier molecular flexibility index (Phi) is 5.28. The van der Waals surface area contributed by atoms with Crippen LogP contribution in [-0.4, -0.2) is 29.6 Å². The largest absolute Gasteiger partial charge is 0.481 e. The van der Waals surface area contributed by atoms with Crippen LogP contribution in [0.15, 0.2) is 24.3 Å². The van der Waals surface area contributed by atoms with Gasteiger partial charge in [0, 0.05) is 18.2 Å². The minimum Gasteiger partial charge on any atom is -0.481 e. The zero-order valence-electron chi connectivity index (χ0n) is 11.1. The van der Waals surface area contributed by atoms with Gasteiger partial charge in [-0.05, 0) is 19.5 Å². The highest BCUT2D eigenvalue weighted by Crippen LogP contribution is 2.25. The summed E-state index contributed by atoms with van der Waals surface area (Å²) in [7, 11) is 1.83. The highest BCUT2D eigenvalue weighted by atomic mass is 19.1. The maximum atomic E-state index is 13.7. The summed E-state index contributed by atoms with van der Waals surface area (Å²) in [5, 5.41) is 8.91. The standard InChI is InChI=1S/C14H20FNO2/c1-4-13(11-7-5-6-8-12(11)15)16(3)9-10(2)14(17)18/h5-8,10,13H,4,9H2,1-3H3,(H,17,18). The number of rotatable bonds is 6. The van der Waals surface area contributed by atoms with Crippen molar-refractivity contribution in [1.82, 2.24) is 4.90 Å². The molecule has 18 heavy (non-hydrogen) atoms. The lowest BCUT2D eigenvalue weighted by Crippen LogP contribution is -2.32. The number of benzene rings is 1. The first kappa shape index (κ1) is 14.6. The van der Waals surface area contributed by atoms with Gasteiger partial charge in [-0.1, -0.05) is 32.0 Å². The van der Waals surface area contributed by atoms with Crippen molar-refractivity contribution in [2.24, 2.45) is 5.92 Å². The first-order chi connectivity index (χ1) is 8.47. The molecule has 2 unspecified atom stereocenters. The van der Waals surface area contributed by atoms with Crippen molar-refractivity contribution in [3.05, 3.63) is 35.6 Å². The van der Waals surface area contributed by atoms with Gasteiger partial charge in [-0.15, -0.1) is 0 Å². The molecule has 0 aliphatic rings. The second-order valence-corrected chi connectivity index (χ2v) is 4.62. The fraction of sp³-hybridized carbons (Fsp3) is 0.500.